The summed E-state index contributed by atoms with van der Waals surface area (Å²) in [4.78, 5) is 12.3. The van der Waals surface area contributed by atoms with Gasteiger partial charge >= 0.3 is 0 Å². The van der Waals surface area contributed by atoms with E-state index in [9.17, 15) is 13.5 Å². The highest BCUT2D eigenvalue weighted by Crippen LogP contribution is 2.32. The maximum absolute atomic E-state index is 13.2. The molecule has 3 rings (SSSR count). The largest absolute Gasteiger partial charge is 0.478 e. The Morgan fingerprint density at radius 1 is 1.17 bits per heavy atom. The number of nitrogens with one attached hydrogen (secondary N) is 1. The number of aliphatic hydroxyl groups excluding tert-OH is 1. The molecule has 1 atom stereocenters. The van der Waals surface area contributed by atoms with Gasteiger partial charge in [-0.05, 0) is 36.5 Å². The summed E-state index contributed by atoms with van der Waals surface area (Å²) in [5, 5.41) is 9.43. The third-order valence-corrected chi connectivity index (χ3v) is 5.91. The summed E-state index contributed by atoms with van der Waals surface area (Å²) in [6.07, 6.45) is 4.92. The second-order valence-corrected chi connectivity index (χ2v) is 8.65. The quantitative estimate of drug-likeness (QED) is 0.567. The average Bonchev–Trinajstić information content (AvgIpc) is 2.75. The number of aryl methyl sites for hydroxylation is 1. The van der Waals surface area contributed by atoms with Crippen LogP contribution in [0.5, 0.6) is 5.88 Å². The molecule has 3 aromatic rings. The molecule has 0 spiro atoms. The van der Waals surface area contributed by atoms with Gasteiger partial charge in [-0.3, -0.25) is 9.71 Å². The summed E-state index contributed by atoms with van der Waals surface area (Å²) in [5.74, 6) is 0.125. The van der Waals surface area contributed by atoms with Gasteiger partial charge in [0, 0.05) is 24.6 Å². The topological polar surface area (TPSA) is 114 Å². The molecule has 0 fully saturated rings. The molecule has 2 N–H and O–H groups in total. The van der Waals surface area contributed by atoms with Crippen LogP contribution in [0.4, 0.5) is 5.82 Å². The predicted molar refractivity (Wildman–Crippen MR) is 114 cm³/mol. The van der Waals surface area contributed by atoms with E-state index in [-0.39, 0.29) is 29.1 Å². The van der Waals surface area contributed by atoms with Gasteiger partial charge in [0.05, 0.1) is 19.0 Å². The van der Waals surface area contributed by atoms with Crippen LogP contribution in [0.1, 0.15) is 18.2 Å². The van der Waals surface area contributed by atoms with E-state index >= 15 is 0 Å². The number of hydrogen-bond donors (Lipinski definition) is 2. The lowest BCUT2D eigenvalue weighted by atomic mass is 9.94. The van der Waals surface area contributed by atoms with E-state index in [1.54, 1.807) is 19.2 Å². The molecule has 0 aliphatic heterocycles. The first-order valence-corrected chi connectivity index (χ1v) is 10.9. The molecule has 1 aromatic carbocycles. The zero-order valence-electron chi connectivity index (χ0n) is 17.0. The van der Waals surface area contributed by atoms with Crippen molar-refractivity contribution in [3.63, 3.8) is 0 Å². The Labute approximate surface area is 176 Å². The maximum Gasteiger partial charge on any atom is 0.265 e. The van der Waals surface area contributed by atoms with Crippen LogP contribution < -0.4 is 9.46 Å². The highest BCUT2D eigenvalue weighted by atomic mass is 32.2. The van der Waals surface area contributed by atoms with E-state index in [2.05, 4.69) is 19.7 Å². The van der Waals surface area contributed by atoms with E-state index in [1.165, 1.54) is 19.5 Å². The van der Waals surface area contributed by atoms with Gasteiger partial charge in [-0.2, -0.15) is 0 Å². The summed E-state index contributed by atoms with van der Waals surface area (Å²) < 4.78 is 34.1. The predicted octanol–water partition coefficient (Wildman–Crippen LogP) is 2.83. The minimum atomic E-state index is -4.03. The first-order valence-electron chi connectivity index (χ1n) is 9.39. The van der Waals surface area contributed by atoms with E-state index in [0.29, 0.717) is 17.7 Å². The lowest BCUT2D eigenvalue weighted by molar-refractivity contribution is 0.237. The molecule has 2 heterocycles. The van der Waals surface area contributed by atoms with Gasteiger partial charge in [-0.1, -0.05) is 31.2 Å². The highest BCUT2D eigenvalue weighted by Gasteiger charge is 2.24. The van der Waals surface area contributed by atoms with Crippen LogP contribution in [0.15, 0.2) is 53.8 Å². The number of pyridine rings is 1. The Morgan fingerprint density at radius 2 is 1.93 bits per heavy atom. The molecule has 0 aliphatic rings. The van der Waals surface area contributed by atoms with Crippen LogP contribution in [0.2, 0.25) is 0 Å². The molecule has 9 heteroatoms. The Hall–Kier alpha value is -3.04. The minimum Gasteiger partial charge on any atom is -0.478 e. The Bertz CT molecular complexity index is 1140. The van der Waals surface area contributed by atoms with Crippen LogP contribution in [-0.4, -0.2) is 42.2 Å². The molecule has 158 valence electrons. The van der Waals surface area contributed by atoms with Gasteiger partial charge in [-0.25, -0.2) is 18.4 Å². The molecule has 1 unspecified atom stereocenters. The number of aliphatic hydroxyl groups is 1. The zero-order valence-corrected chi connectivity index (χ0v) is 17.8. The van der Waals surface area contributed by atoms with Crippen LogP contribution in [0.25, 0.3) is 11.1 Å². The SMILES string of the molecule is COc1nc(C)cnc1NS(=O)(=O)c1cnccc1-c1ccccc1CC(C)CO. The fourth-order valence-corrected chi connectivity index (χ4v) is 4.24. The maximum atomic E-state index is 13.2. The molecule has 30 heavy (non-hydrogen) atoms. The minimum absolute atomic E-state index is 0.0000842. The van der Waals surface area contributed by atoms with E-state index in [4.69, 9.17) is 4.74 Å². The fourth-order valence-electron chi connectivity index (χ4n) is 3.07. The second-order valence-electron chi connectivity index (χ2n) is 7.00. The van der Waals surface area contributed by atoms with E-state index < -0.39 is 10.0 Å². The number of sulfonamides is 1. The lowest BCUT2D eigenvalue weighted by Crippen LogP contribution is -2.17. The summed E-state index contributed by atoms with van der Waals surface area (Å²) >= 11 is 0. The lowest BCUT2D eigenvalue weighted by Gasteiger charge is -2.16. The van der Waals surface area contributed by atoms with Gasteiger partial charge in [-0.15, -0.1) is 0 Å². The van der Waals surface area contributed by atoms with Crippen molar-refractivity contribution in [2.75, 3.05) is 18.4 Å². The molecule has 0 radical (unpaired) electrons. The third-order valence-electron chi connectivity index (χ3n) is 4.55. The standard InChI is InChI=1S/C21H24N4O4S/c1-14(13-26)10-16-6-4-5-7-17(16)18-8-9-22-12-19(18)30(27,28)25-20-21(29-3)24-15(2)11-23-20/h4-9,11-12,14,26H,10,13H2,1-3H3,(H,23,25). The molecule has 0 amide bonds. The normalized spacial score (nSPS) is 12.4. The van der Waals surface area contributed by atoms with Gasteiger partial charge in [0.2, 0.25) is 5.82 Å². The smallest absolute Gasteiger partial charge is 0.265 e. The molecular weight excluding hydrogens is 404 g/mol. The number of anilines is 1. The third kappa shape index (κ3) is 4.74. The van der Waals surface area contributed by atoms with Gasteiger partial charge in [0.25, 0.3) is 15.9 Å². The van der Waals surface area contributed by atoms with Crippen molar-refractivity contribution in [2.45, 2.75) is 25.2 Å². The van der Waals surface area contributed by atoms with Crippen molar-refractivity contribution in [1.29, 1.82) is 0 Å². The van der Waals surface area contributed by atoms with Crippen LogP contribution in [-0.2, 0) is 16.4 Å². The van der Waals surface area contributed by atoms with Gasteiger partial charge in [0.15, 0.2) is 0 Å². The average molecular weight is 429 g/mol. The van der Waals surface area contributed by atoms with Crippen LogP contribution in [0, 0.1) is 12.8 Å². The van der Waals surface area contributed by atoms with Crippen molar-refractivity contribution < 1.29 is 18.3 Å². The Kier molecular flexibility index (Phi) is 6.63. The summed E-state index contributed by atoms with van der Waals surface area (Å²) in [5.41, 5.74) is 2.82. The molecule has 0 bridgehead atoms. The number of aromatic nitrogens is 3. The molecule has 8 nitrogen and oxygen atoms in total. The van der Waals surface area contributed by atoms with Crippen LogP contribution >= 0.6 is 0 Å². The Morgan fingerprint density at radius 3 is 2.67 bits per heavy atom. The molecular formula is C21H24N4O4S. The van der Waals surface area contributed by atoms with Crippen LogP contribution in [0.3, 0.4) is 0 Å². The summed E-state index contributed by atoms with van der Waals surface area (Å²) in [7, 11) is -2.63. The monoisotopic (exact) mass is 428 g/mol. The molecule has 0 aliphatic carbocycles. The first-order chi connectivity index (χ1) is 14.4. The fraction of sp³-hybridized carbons (Fsp3) is 0.286. The number of rotatable bonds is 8. The number of benzene rings is 1. The second kappa shape index (κ2) is 9.19. The number of methoxy groups -OCH3 is 1. The summed E-state index contributed by atoms with van der Waals surface area (Å²) in [6.45, 7) is 3.71. The number of ether oxygens (including phenoxy) is 1. The number of hydrogen-bond acceptors (Lipinski definition) is 7. The number of nitrogens with zero attached hydrogens (tertiary/aromatic N) is 3. The van der Waals surface area contributed by atoms with Gasteiger partial charge < -0.3 is 9.84 Å². The molecule has 0 saturated heterocycles. The zero-order chi connectivity index (χ0) is 21.7. The van der Waals surface area contributed by atoms with Gasteiger partial charge in [0.1, 0.15) is 4.90 Å². The molecule has 0 saturated carbocycles. The van der Waals surface area contributed by atoms with Crippen molar-refractivity contribution in [2.24, 2.45) is 5.92 Å². The van der Waals surface area contributed by atoms with Crippen molar-refractivity contribution in [3.8, 4) is 17.0 Å². The van der Waals surface area contributed by atoms with Crippen molar-refractivity contribution in [3.05, 3.63) is 60.2 Å². The van der Waals surface area contributed by atoms with Crippen molar-refractivity contribution in [1.82, 2.24) is 15.0 Å². The summed E-state index contributed by atoms with van der Waals surface area (Å²) in [6, 6.07) is 9.19. The van der Waals surface area contributed by atoms with E-state index in [1.807, 2.05) is 31.2 Å². The van der Waals surface area contributed by atoms with Crippen molar-refractivity contribution >= 4 is 15.8 Å². The Balaban J connectivity index is 2.06. The molecule has 2 aromatic heterocycles. The highest BCUT2D eigenvalue weighted by molar-refractivity contribution is 7.92. The first kappa shape index (κ1) is 21.7. The van der Waals surface area contributed by atoms with E-state index in [0.717, 1.165) is 11.1 Å².